The molecule has 21 heavy (non-hydrogen) atoms. The minimum Gasteiger partial charge on any atom is -0.370 e. The molecule has 4 nitrogen and oxygen atoms in total. The van der Waals surface area contributed by atoms with Crippen LogP contribution in [0.15, 0.2) is 12.3 Å². The average molecular weight is 295 g/mol. The normalized spacial score (nSPS) is 12.1. The van der Waals surface area contributed by atoms with Crippen LogP contribution in [-0.4, -0.2) is 23.0 Å². The molecule has 0 spiro atoms. The SMILES string of the molecule is CCNc1ncc(F)cc1C(=O)NC(C)(C)CC(C)(C)C. The summed E-state index contributed by atoms with van der Waals surface area (Å²) in [5, 5.41) is 5.95. The first-order chi connectivity index (χ1) is 9.54. The Morgan fingerprint density at radius 1 is 1.29 bits per heavy atom. The molecule has 0 aliphatic heterocycles. The number of rotatable bonds is 5. The molecule has 118 valence electrons. The van der Waals surface area contributed by atoms with Gasteiger partial charge in [-0.2, -0.15) is 0 Å². The number of hydrogen-bond acceptors (Lipinski definition) is 3. The summed E-state index contributed by atoms with van der Waals surface area (Å²) in [6.45, 7) is 12.8. The van der Waals surface area contributed by atoms with Crippen LogP contribution in [0.2, 0.25) is 0 Å². The Labute approximate surface area is 126 Å². The number of halogens is 1. The Bertz CT molecular complexity index is 507. The molecule has 1 aromatic heterocycles. The van der Waals surface area contributed by atoms with Crippen molar-refractivity contribution in [2.75, 3.05) is 11.9 Å². The van der Waals surface area contributed by atoms with Gasteiger partial charge in [0.05, 0.1) is 11.8 Å². The maximum atomic E-state index is 13.4. The van der Waals surface area contributed by atoms with Gasteiger partial charge < -0.3 is 10.6 Å². The molecule has 1 heterocycles. The zero-order chi connectivity index (χ0) is 16.3. The largest absolute Gasteiger partial charge is 0.370 e. The van der Waals surface area contributed by atoms with Gasteiger partial charge in [-0.15, -0.1) is 0 Å². The molecule has 0 bridgehead atoms. The molecule has 0 radical (unpaired) electrons. The number of hydrogen-bond donors (Lipinski definition) is 2. The Balaban J connectivity index is 2.96. The first-order valence-corrected chi connectivity index (χ1v) is 7.26. The molecule has 0 atom stereocenters. The monoisotopic (exact) mass is 295 g/mol. The van der Waals surface area contributed by atoms with E-state index in [1.165, 1.54) is 6.07 Å². The highest BCUT2D eigenvalue weighted by Gasteiger charge is 2.28. The van der Waals surface area contributed by atoms with Crippen LogP contribution in [0.1, 0.15) is 58.3 Å². The molecule has 1 amide bonds. The number of amides is 1. The number of carbonyl (C=O) groups is 1. The summed E-state index contributed by atoms with van der Waals surface area (Å²) < 4.78 is 13.4. The van der Waals surface area contributed by atoms with E-state index in [1.54, 1.807) is 0 Å². The van der Waals surface area contributed by atoms with Gasteiger partial charge in [0, 0.05) is 12.1 Å². The van der Waals surface area contributed by atoms with Crippen LogP contribution in [0.25, 0.3) is 0 Å². The molecule has 0 saturated carbocycles. The lowest BCUT2D eigenvalue weighted by atomic mass is 9.81. The highest BCUT2D eigenvalue weighted by molar-refractivity contribution is 5.99. The van der Waals surface area contributed by atoms with Crippen LogP contribution >= 0.6 is 0 Å². The van der Waals surface area contributed by atoms with Crippen LogP contribution in [0.4, 0.5) is 10.2 Å². The van der Waals surface area contributed by atoms with Crippen LogP contribution in [0, 0.1) is 11.2 Å². The molecule has 0 aromatic carbocycles. The van der Waals surface area contributed by atoms with E-state index in [0.717, 1.165) is 12.6 Å². The van der Waals surface area contributed by atoms with E-state index < -0.39 is 5.82 Å². The smallest absolute Gasteiger partial charge is 0.255 e. The van der Waals surface area contributed by atoms with Crippen molar-refractivity contribution in [2.24, 2.45) is 5.41 Å². The first kappa shape index (κ1) is 17.4. The van der Waals surface area contributed by atoms with Crippen molar-refractivity contribution in [3.63, 3.8) is 0 Å². The topological polar surface area (TPSA) is 54.0 Å². The van der Waals surface area contributed by atoms with Crippen molar-refractivity contribution in [2.45, 2.75) is 53.5 Å². The molecule has 0 fully saturated rings. The van der Waals surface area contributed by atoms with E-state index in [9.17, 15) is 9.18 Å². The van der Waals surface area contributed by atoms with Crippen molar-refractivity contribution in [3.8, 4) is 0 Å². The fourth-order valence-corrected chi connectivity index (χ4v) is 2.67. The highest BCUT2D eigenvalue weighted by Crippen LogP contribution is 2.27. The van der Waals surface area contributed by atoms with Gasteiger partial charge in [0.2, 0.25) is 0 Å². The predicted octanol–water partition coefficient (Wildman–Crippen LogP) is 3.60. The third-order valence-corrected chi connectivity index (χ3v) is 2.87. The second kappa shape index (κ2) is 6.41. The fraction of sp³-hybridized carbons (Fsp3) is 0.625. The van der Waals surface area contributed by atoms with Crippen molar-refractivity contribution < 1.29 is 9.18 Å². The van der Waals surface area contributed by atoms with E-state index in [2.05, 4.69) is 36.4 Å². The van der Waals surface area contributed by atoms with Crippen LogP contribution in [-0.2, 0) is 0 Å². The van der Waals surface area contributed by atoms with Gasteiger partial charge in [0.25, 0.3) is 5.91 Å². The van der Waals surface area contributed by atoms with Crippen molar-refractivity contribution in [3.05, 3.63) is 23.6 Å². The highest BCUT2D eigenvalue weighted by atomic mass is 19.1. The van der Waals surface area contributed by atoms with Crippen molar-refractivity contribution in [1.29, 1.82) is 0 Å². The summed E-state index contributed by atoms with van der Waals surface area (Å²) in [7, 11) is 0. The van der Waals surface area contributed by atoms with E-state index in [1.807, 2.05) is 20.8 Å². The number of anilines is 1. The van der Waals surface area contributed by atoms with Crippen LogP contribution in [0.3, 0.4) is 0 Å². The molecular formula is C16H26FN3O. The molecule has 0 saturated heterocycles. The Hall–Kier alpha value is -1.65. The number of carbonyl (C=O) groups excluding carboxylic acids is 1. The third kappa shape index (κ3) is 5.69. The Kier molecular flexibility index (Phi) is 5.31. The van der Waals surface area contributed by atoms with Gasteiger partial charge in [-0.25, -0.2) is 9.37 Å². The van der Waals surface area contributed by atoms with Crippen molar-refractivity contribution in [1.82, 2.24) is 10.3 Å². The van der Waals surface area contributed by atoms with Crippen molar-refractivity contribution >= 4 is 11.7 Å². The number of pyridine rings is 1. The maximum Gasteiger partial charge on any atom is 0.255 e. The summed E-state index contributed by atoms with van der Waals surface area (Å²) in [4.78, 5) is 16.4. The Morgan fingerprint density at radius 2 is 1.90 bits per heavy atom. The number of aromatic nitrogens is 1. The summed E-state index contributed by atoms with van der Waals surface area (Å²) >= 11 is 0. The second-order valence-corrected chi connectivity index (χ2v) is 7.16. The predicted molar refractivity (Wildman–Crippen MR) is 84.0 cm³/mol. The van der Waals surface area contributed by atoms with Gasteiger partial charge in [-0.1, -0.05) is 20.8 Å². The lowest BCUT2D eigenvalue weighted by Crippen LogP contribution is -2.46. The minimum absolute atomic E-state index is 0.0848. The summed E-state index contributed by atoms with van der Waals surface area (Å²) in [6, 6.07) is 1.22. The van der Waals surface area contributed by atoms with Crippen LogP contribution in [0.5, 0.6) is 0 Å². The van der Waals surface area contributed by atoms with E-state index in [-0.39, 0.29) is 22.4 Å². The fourth-order valence-electron chi connectivity index (χ4n) is 2.67. The number of nitrogens with zero attached hydrogens (tertiary/aromatic N) is 1. The molecular weight excluding hydrogens is 269 g/mol. The molecule has 1 rings (SSSR count). The van der Waals surface area contributed by atoms with Gasteiger partial charge in [-0.3, -0.25) is 4.79 Å². The van der Waals surface area contributed by atoms with E-state index in [4.69, 9.17) is 0 Å². The minimum atomic E-state index is -0.518. The molecule has 1 aromatic rings. The van der Waals surface area contributed by atoms with Crippen LogP contribution < -0.4 is 10.6 Å². The zero-order valence-electron chi connectivity index (χ0n) is 13.8. The van der Waals surface area contributed by atoms with Gasteiger partial charge >= 0.3 is 0 Å². The quantitative estimate of drug-likeness (QED) is 0.872. The summed E-state index contributed by atoms with van der Waals surface area (Å²) in [5.41, 5.74) is -0.0640. The average Bonchev–Trinajstić information content (AvgIpc) is 2.27. The number of nitrogens with one attached hydrogen (secondary N) is 2. The summed E-state index contributed by atoms with van der Waals surface area (Å²) in [6.07, 6.45) is 1.92. The van der Waals surface area contributed by atoms with Gasteiger partial charge in [0.15, 0.2) is 0 Å². The zero-order valence-corrected chi connectivity index (χ0v) is 13.8. The molecule has 0 unspecified atom stereocenters. The van der Waals surface area contributed by atoms with Gasteiger partial charge in [0.1, 0.15) is 11.6 Å². The molecule has 2 N–H and O–H groups in total. The van der Waals surface area contributed by atoms with E-state index >= 15 is 0 Å². The molecule has 0 aliphatic rings. The first-order valence-electron chi connectivity index (χ1n) is 7.26. The second-order valence-electron chi connectivity index (χ2n) is 7.16. The third-order valence-electron chi connectivity index (χ3n) is 2.87. The molecule has 0 aliphatic carbocycles. The lowest BCUT2D eigenvalue weighted by Gasteiger charge is -2.33. The molecule has 5 heteroatoms. The van der Waals surface area contributed by atoms with Gasteiger partial charge in [-0.05, 0) is 38.7 Å². The maximum absolute atomic E-state index is 13.4. The standard InChI is InChI=1S/C16H26FN3O/c1-7-18-13-12(8-11(17)9-19-13)14(21)20-16(5,6)10-15(2,3)4/h8-9H,7,10H2,1-6H3,(H,18,19)(H,20,21). The lowest BCUT2D eigenvalue weighted by molar-refractivity contribution is 0.0891. The Morgan fingerprint density at radius 3 is 2.43 bits per heavy atom. The van der Waals surface area contributed by atoms with E-state index in [0.29, 0.717) is 12.4 Å². The summed E-state index contributed by atoms with van der Waals surface area (Å²) in [5.74, 6) is -0.425.